The van der Waals surface area contributed by atoms with Gasteiger partial charge in [-0.05, 0) is 17.5 Å². The Balaban J connectivity index is 1.96. The Morgan fingerprint density at radius 1 is 1.10 bits per heavy atom. The van der Waals surface area contributed by atoms with Crippen LogP contribution in [-0.4, -0.2) is 28.5 Å². The fraction of sp³-hybridized carbons (Fsp3) is 0.0952. The first-order chi connectivity index (χ1) is 14.5. The Bertz CT molecular complexity index is 1390. The quantitative estimate of drug-likeness (QED) is 0.284. The molecule has 0 aliphatic carbocycles. The van der Waals surface area contributed by atoms with E-state index in [1.807, 2.05) is 36.4 Å². The van der Waals surface area contributed by atoms with Gasteiger partial charge in [0.05, 0.1) is 22.2 Å². The number of amides is 1. The van der Waals surface area contributed by atoms with Crippen LogP contribution in [0.5, 0.6) is 0 Å². The zero-order valence-corrected chi connectivity index (χ0v) is 16.6. The van der Waals surface area contributed by atoms with Crippen molar-refractivity contribution in [2.24, 2.45) is 4.99 Å². The van der Waals surface area contributed by atoms with Crippen molar-refractivity contribution in [3.05, 3.63) is 81.1 Å². The number of hydrogen-bond acceptors (Lipinski definition) is 6. The molecule has 30 heavy (non-hydrogen) atoms. The zero-order chi connectivity index (χ0) is 21.3. The maximum absolute atomic E-state index is 12.8. The number of nitro groups is 1. The second-order valence-electron chi connectivity index (χ2n) is 6.37. The molecular formula is C21H15N3O5S. The van der Waals surface area contributed by atoms with E-state index in [1.54, 1.807) is 4.57 Å². The summed E-state index contributed by atoms with van der Waals surface area (Å²) in [4.78, 5) is 39.8. The number of carbonyl (C=O) groups excluding carboxylic acids is 2. The lowest BCUT2D eigenvalue weighted by molar-refractivity contribution is -0.385. The van der Waals surface area contributed by atoms with Crippen LogP contribution in [0.3, 0.4) is 0 Å². The van der Waals surface area contributed by atoms with Crippen molar-refractivity contribution in [3.63, 3.8) is 0 Å². The predicted molar refractivity (Wildman–Crippen MR) is 112 cm³/mol. The van der Waals surface area contributed by atoms with Crippen molar-refractivity contribution in [2.75, 3.05) is 7.11 Å². The third kappa shape index (κ3) is 3.46. The molecule has 0 aliphatic rings. The molecule has 4 rings (SSSR count). The molecule has 0 spiro atoms. The second-order valence-corrected chi connectivity index (χ2v) is 7.35. The second kappa shape index (κ2) is 7.88. The molecule has 0 fully saturated rings. The number of rotatable bonds is 4. The van der Waals surface area contributed by atoms with E-state index in [-0.39, 0.29) is 22.6 Å². The Morgan fingerprint density at radius 2 is 1.83 bits per heavy atom. The van der Waals surface area contributed by atoms with Crippen LogP contribution >= 0.6 is 11.3 Å². The number of benzene rings is 3. The van der Waals surface area contributed by atoms with Crippen LogP contribution in [0.4, 0.5) is 5.69 Å². The number of carbonyl (C=O) groups is 2. The van der Waals surface area contributed by atoms with Crippen LogP contribution in [0.15, 0.2) is 65.7 Å². The molecule has 0 radical (unpaired) electrons. The Morgan fingerprint density at radius 3 is 2.60 bits per heavy atom. The Hall–Kier alpha value is -3.85. The van der Waals surface area contributed by atoms with Crippen molar-refractivity contribution in [3.8, 4) is 0 Å². The molecule has 0 saturated heterocycles. The monoisotopic (exact) mass is 421 g/mol. The number of nitrogens with zero attached hydrogens (tertiary/aromatic N) is 3. The lowest BCUT2D eigenvalue weighted by Gasteiger charge is -2.05. The van der Waals surface area contributed by atoms with Gasteiger partial charge in [0.1, 0.15) is 12.1 Å². The number of fused-ring (bicyclic) bond motifs is 3. The molecule has 0 N–H and O–H groups in total. The normalized spacial score (nSPS) is 11.7. The summed E-state index contributed by atoms with van der Waals surface area (Å²) in [6, 6.07) is 17.2. The molecule has 1 heterocycles. The van der Waals surface area contributed by atoms with Gasteiger partial charge in [0.2, 0.25) is 0 Å². The van der Waals surface area contributed by atoms with Crippen molar-refractivity contribution in [1.82, 2.24) is 4.57 Å². The Labute approximate surface area is 173 Å². The molecule has 8 nitrogen and oxygen atoms in total. The molecule has 3 aromatic carbocycles. The summed E-state index contributed by atoms with van der Waals surface area (Å²) in [5.41, 5.74) is 0.282. The van der Waals surface area contributed by atoms with Crippen molar-refractivity contribution in [1.29, 1.82) is 0 Å². The highest BCUT2D eigenvalue weighted by Gasteiger charge is 2.20. The van der Waals surface area contributed by atoms with Gasteiger partial charge < -0.3 is 9.30 Å². The minimum Gasteiger partial charge on any atom is -0.468 e. The largest absolute Gasteiger partial charge is 0.468 e. The maximum Gasteiger partial charge on any atom is 0.325 e. The zero-order valence-electron chi connectivity index (χ0n) is 15.8. The first-order valence-corrected chi connectivity index (χ1v) is 9.71. The lowest BCUT2D eigenvalue weighted by Crippen LogP contribution is -2.22. The third-order valence-corrected chi connectivity index (χ3v) is 5.74. The number of esters is 1. The van der Waals surface area contributed by atoms with Gasteiger partial charge in [0.15, 0.2) is 4.80 Å². The molecule has 0 bridgehead atoms. The third-order valence-electron chi connectivity index (χ3n) is 4.62. The van der Waals surface area contributed by atoms with Crippen molar-refractivity contribution < 1.29 is 19.2 Å². The van der Waals surface area contributed by atoms with Crippen LogP contribution in [0.1, 0.15) is 10.4 Å². The molecule has 1 amide bonds. The average Bonchev–Trinajstić information content (AvgIpc) is 3.10. The standard InChI is InChI=1S/C21H15N3O5S/c1-29-18(25)12-23-17-11-10-13-6-2-3-7-14(13)19(17)30-21(23)22-20(26)15-8-4-5-9-16(15)24(27)28/h2-11H,12H2,1H3. The SMILES string of the molecule is COC(=O)Cn1c(=NC(=O)c2ccccc2[N+](=O)[O-])sc2c3ccccc3ccc21. The average molecular weight is 421 g/mol. The molecule has 0 unspecified atom stereocenters. The molecule has 150 valence electrons. The fourth-order valence-electron chi connectivity index (χ4n) is 3.19. The van der Waals surface area contributed by atoms with Gasteiger partial charge >= 0.3 is 5.97 Å². The summed E-state index contributed by atoms with van der Waals surface area (Å²) < 4.78 is 7.23. The van der Waals surface area contributed by atoms with Gasteiger partial charge in [-0.25, -0.2) is 0 Å². The van der Waals surface area contributed by atoms with Gasteiger partial charge in [0.25, 0.3) is 11.6 Å². The minimum absolute atomic E-state index is 0.116. The van der Waals surface area contributed by atoms with Crippen LogP contribution in [0.25, 0.3) is 21.0 Å². The van der Waals surface area contributed by atoms with Crippen LogP contribution in [-0.2, 0) is 16.1 Å². The molecule has 4 aromatic rings. The highest BCUT2D eigenvalue weighted by Crippen LogP contribution is 2.28. The Kier molecular flexibility index (Phi) is 5.11. The van der Waals surface area contributed by atoms with E-state index in [0.29, 0.717) is 0 Å². The maximum atomic E-state index is 12.8. The van der Waals surface area contributed by atoms with E-state index < -0.39 is 16.8 Å². The van der Waals surface area contributed by atoms with E-state index in [1.165, 1.54) is 42.7 Å². The molecule has 0 atom stereocenters. The lowest BCUT2D eigenvalue weighted by atomic mass is 10.1. The van der Waals surface area contributed by atoms with Gasteiger partial charge in [-0.2, -0.15) is 4.99 Å². The van der Waals surface area contributed by atoms with E-state index in [9.17, 15) is 19.7 Å². The van der Waals surface area contributed by atoms with Crippen molar-refractivity contribution >= 4 is 49.9 Å². The highest BCUT2D eigenvalue weighted by molar-refractivity contribution is 7.17. The number of ether oxygens (including phenoxy) is 1. The first kappa shape index (κ1) is 19.5. The molecule has 9 heteroatoms. The first-order valence-electron chi connectivity index (χ1n) is 8.90. The smallest absolute Gasteiger partial charge is 0.325 e. The number of hydrogen-bond donors (Lipinski definition) is 0. The van der Waals surface area contributed by atoms with Crippen LogP contribution < -0.4 is 4.80 Å². The van der Waals surface area contributed by atoms with Gasteiger partial charge in [-0.15, -0.1) is 0 Å². The predicted octanol–water partition coefficient (Wildman–Crippen LogP) is 3.68. The topological polar surface area (TPSA) is 104 Å². The van der Waals surface area contributed by atoms with Crippen LogP contribution in [0.2, 0.25) is 0 Å². The van der Waals surface area contributed by atoms with E-state index in [4.69, 9.17) is 4.74 Å². The number of nitro benzene ring substituents is 1. The number of methoxy groups -OCH3 is 1. The summed E-state index contributed by atoms with van der Waals surface area (Å²) in [5.74, 6) is -1.25. The molecule has 0 aliphatic heterocycles. The molecular weight excluding hydrogens is 406 g/mol. The van der Waals surface area contributed by atoms with Gasteiger partial charge in [-0.1, -0.05) is 53.8 Å². The van der Waals surface area contributed by atoms with E-state index in [0.717, 1.165) is 21.0 Å². The summed E-state index contributed by atoms with van der Waals surface area (Å²) >= 11 is 1.24. The number of aromatic nitrogens is 1. The number of para-hydroxylation sites is 1. The summed E-state index contributed by atoms with van der Waals surface area (Å²) in [7, 11) is 1.28. The van der Waals surface area contributed by atoms with E-state index in [2.05, 4.69) is 4.99 Å². The van der Waals surface area contributed by atoms with Crippen LogP contribution in [0, 0.1) is 10.1 Å². The fourth-order valence-corrected chi connectivity index (χ4v) is 4.35. The minimum atomic E-state index is -0.753. The van der Waals surface area contributed by atoms with Crippen molar-refractivity contribution in [2.45, 2.75) is 6.54 Å². The molecule has 0 saturated carbocycles. The van der Waals surface area contributed by atoms with Gasteiger partial charge in [-0.3, -0.25) is 19.7 Å². The number of thiazole rings is 1. The van der Waals surface area contributed by atoms with E-state index >= 15 is 0 Å². The molecule has 1 aromatic heterocycles. The summed E-state index contributed by atoms with van der Waals surface area (Å²) in [6.45, 7) is -0.141. The highest BCUT2D eigenvalue weighted by atomic mass is 32.1. The summed E-state index contributed by atoms with van der Waals surface area (Å²) in [6.07, 6.45) is 0. The van der Waals surface area contributed by atoms with Gasteiger partial charge in [0, 0.05) is 11.5 Å². The summed E-state index contributed by atoms with van der Waals surface area (Å²) in [5, 5.41) is 13.2.